The van der Waals surface area contributed by atoms with Crippen molar-refractivity contribution in [3.63, 3.8) is 0 Å². The van der Waals surface area contributed by atoms with Crippen LogP contribution in [0.4, 0.5) is 11.4 Å². The largest absolute Gasteiger partial charge is 0.311 e. The van der Waals surface area contributed by atoms with Gasteiger partial charge in [-0.3, -0.25) is 9.59 Å². The normalized spacial score (nSPS) is 16.0. The molecule has 8 heteroatoms. The van der Waals surface area contributed by atoms with Crippen LogP contribution in [0.15, 0.2) is 95.7 Å². The zero-order valence-electron chi connectivity index (χ0n) is 22.6. The van der Waals surface area contributed by atoms with Gasteiger partial charge >= 0.3 is 0 Å². The fourth-order valence-corrected chi connectivity index (χ4v) is 9.38. The third-order valence-electron chi connectivity index (χ3n) is 7.85. The van der Waals surface area contributed by atoms with Crippen LogP contribution in [0, 0.1) is 0 Å². The molecule has 0 aliphatic carbocycles. The molecule has 2 aliphatic heterocycles. The lowest BCUT2D eigenvalue weighted by Crippen LogP contribution is -2.24. The van der Waals surface area contributed by atoms with E-state index in [0.29, 0.717) is 11.1 Å². The van der Waals surface area contributed by atoms with Crippen LogP contribution in [-0.2, 0) is 9.59 Å². The molecule has 0 spiro atoms. The van der Waals surface area contributed by atoms with Crippen molar-refractivity contribution in [2.75, 3.05) is 23.9 Å². The predicted octanol–water partition coefficient (Wildman–Crippen LogP) is 9.46. The summed E-state index contributed by atoms with van der Waals surface area (Å²) in [7, 11) is 3.58. The van der Waals surface area contributed by atoms with Crippen molar-refractivity contribution in [1.29, 1.82) is 0 Å². The lowest BCUT2D eigenvalue weighted by atomic mass is 9.95. The Hall–Kier alpha value is -4.08. The molecule has 8 rings (SSSR count). The quantitative estimate of drug-likeness (QED) is 0.185. The zero-order chi connectivity index (χ0) is 28.5. The smallest absolute Gasteiger partial charge is 0.259 e. The van der Waals surface area contributed by atoms with Gasteiger partial charge in [-0.2, -0.15) is 0 Å². The van der Waals surface area contributed by atoms with Crippen molar-refractivity contribution in [2.24, 2.45) is 0 Å². The van der Waals surface area contributed by atoms with E-state index >= 15 is 0 Å². The highest BCUT2D eigenvalue weighted by Crippen LogP contribution is 2.49. The van der Waals surface area contributed by atoms with Gasteiger partial charge in [-0.1, -0.05) is 36.4 Å². The average Bonchev–Trinajstić information content (AvgIpc) is 3.85. The van der Waals surface area contributed by atoms with E-state index in [1.807, 2.05) is 12.1 Å². The molecule has 0 saturated heterocycles. The first kappa shape index (κ1) is 25.6. The summed E-state index contributed by atoms with van der Waals surface area (Å²) in [6.45, 7) is 0. The molecule has 0 radical (unpaired) electrons. The molecule has 0 atom stereocenters. The average molecular weight is 619 g/mol. The van der Waals surface area contributed by atoms with Gasteiger partial charge in [0.15, 0.2) is 0 Å². The monoisotopic (exact) mass is 618 g/mol. The predicted molar refractivity (Wildman–Crippen MR) is 180 cm³/mol. The maximum Gasteiger partial charge on any atom is 0.259 e. The molecular formula is C34H22N2O2S4. The van der Waals surface area contributed by atoms with Crippen LogP contribution in [0.25, 0.3) is 51.5 Å². The van der Waals surface area contributed by atoms with Gasteiger partial charge in [-0.05, 0) is 70.4 Å². The second-order valence-electron chi connectivity index (χ2n) is 10.2. The number of hydrogen-bond donors (Lipinski definition) is 0. The first-order valence-electron chi connectivity index (χ1n) is 13.4. The highest BCUT2D eigenvalue weighted by atomic mass is 32.1. The van der Waals surface area contributed by atoms with Crippen LogP contribution in [-0.4, -0.2) is 25.9 Å². The number of likely N-dealkylation sites (N-methyl/N-ethyl adjacent to an activating group) is 2. The number of nitrogens with zero attached hydrogens (tertiary/aromatic N) is 2. The van der Waals surface area contributed by atoms with E-state index in [9.17, 15) is 9.59 Å². The number of rotatable bonds is 4. The van der Waals surface area contributed by atoms with Crippen LogP contribution in [0.2, 0.25) is 0 Å². The summed E-state index contributed by atoms with van der Waals surface area (Å²) in [5.74, 6) is -0.305. The fraction of sp³-hybridized carbons (Fsp3) is 0.0588. The molecule has 4 nitrogen and oxygen atoms in total. The van der Waals surface area contributed by atoms with Crippen molar-refractivity contribution in [2.45, 2.75) is 0 Å². The summed E-state index contributed by atoms with van der Waals surface area (Å²) in [6.07, 6.45) is 0. The van der Waals surface area contributed by atoms with E-state index < -0.39 is 0 Å². The van der Waals surface area contributed by atoms with Gasteiger partial charge in [-0.15, -0.1) is 45.3 Å². The van der Waals surface area contributed by atoms with Gasteiger partial charge < -0.3 is 9.80 Å². The van der Waals surface area contributed by atoms with Gasteiger partial charge in [0.2, 0.25) is 0 Å². The van der Waals surface area contributed by atoms with E-state index in [-0.39, 0.29) is 11.8 Å². The number of carbonyl (C=O) groups is 2. The summed E-state index contributed by atoms with van der Waals surface area (Å²) in [5, 5.41) is 4.18. The standard InChI is InChI=1S/C34H22N2O2S4/c1-35-23-17-19(25-11-13-29(41-25)27-5-3-15-39-27)7-9-21(23)31(33(35)37)32-22-10-8-20(18-24(22)36(2)34(32)38)26-12-14-30(42-26)28-6-4-16-40-28/h3-18H,1-2H3. The van der Waals surface area contributed by atoms with E-state index in [1.165, 1.54) is 19.5 Å². The van der Waals surface area contributed by atoms with Crippen molar-refractivity contribution in [1.82, 2.24) is 0 Å². The molecule has 6 heterocycles. The van der Waals surface area contributed by atoms with Gasteiger partial charge in [0, 0.05) is 54.5 Å². The van der Waals surface area contributed by atoms with E-state index in [1.54, 1.807) is 69.2 Å². The second kappa shape index (κ2) is 9.74. The molecule has 0 fully saturated rings. The summed E-state index contributed by atoms with van der Waals surface area (Å²) in [5.41, 5.74) is 6.32. The number of carbonyl (C=O) groups excluding carboxylic acids is 2. The minimum absolute atomic E-state index is 0.153. The lowest BCUT2D eigenvalue weighted by Gasteiger charge is -2.10. The fourth-order valence-electron chi connectivity index (χ4n) is 5.70. The number of anilines is 2. The Morgan fingerprint density at radius 2 is 0.929 bits per heavy atom. The van der Waals surface area contributed by atoms with Crippen molar-refractivity contribution >= 4 is 79.7 Å². The van der Waals surface area contributed by atoms with Crippen LogP contribution >= 0.6 is 45.3 Å². The lowest BCUT2D eigenvalue weighted by molar-refractivity contribution is -0.114. The van der Waals surface area contributed by atoms with Gasteiger partial charge in [-0.25, -0.2) is 0 Å². The number of thiophene rings is 4. The minimum Gasteiger partial charge on any atom is -0.311 e. The summed E-state index contributed by atoms with van der Waals surface area (Å²) in [6, 6.07) is 29.2. The van der Waals surface area contributed by atoms with Crippen LogP contribution < -0.4 is 9.80 Å². The third kappa shape index (κ3) is 3.90. The van der Waals surface area contributed by atoms with Gasteiger partial charge in [0.25, 0.3) is 11.8 Å². The van der Waals surface area contributed by atoms with Crippen molar-refractivity contribution in [3.8, 4) is 40.4 Å². The Bertz CT molecular complexity index is 1910. The summed E-state index contributed by atoms with van der Waals surface area (Å²) < 4.78 is 0. The molecule has 0 N–H and O–H groups in total. The highest BCUT2D eigenvalue weighted by Gasteiger charge is 2.40. The first-order chi connectivity index (χ1) is 20.5. The highest BCUT2D eigenvalue weighted by molar-refractivity contribution is 7.23. The molecule has 0 bridgehead atoms. The van der Waals surface area contributed by atoms with Crippen LogP contribution in [0.1, 0.15) is 11.1 Å². The number of hydrogen-bond acceptors (Lipinski definition) is 6. The van der Waals surface area contributed by atoms with Crippen LogP contribution in [0.3, 0.4) is 0 Å². The van der Waals surface area contributed by atoms with Gasteiger partial charge in [0.1, 0.15) is 0 Å². The Balaban J connectivity index is 1.19. The molecule has 42 heavy (non-hydrogen) atoms. The summed E-state index contributed by atoms with van der Waals surface area (Å²) >= 11 is 6.95. The molecule has 2 aliphatic rings. The Morgan fingerprint density at radius 3 is 1.33 bits per heavy atom. The Kier molecular flexibility index (Phi) is 5.94. The van der Waals surface area contributed by atoms with Crippen molar-refractivity contribution in [3.05, 3.63) is 107 Å². The zero-order valence-corrected chi connectivity index (χ0v) is 25.8. The Labute approximate surface area is 259 Å². The minimum atomic E-state index is -0.153. The number of benzene rings is 2. The SMILES string of the molecule is CN1C(=O)C(=C2C(=O)N(C)c3cc(-c4ccc(-c5cccs5)s4)ccc32)c2ccc(-c3ccc(-c4cccs4)s3)cc21. The number of fused-ring (bicyclic) bond motifs is 2. The first-order valence-corrected chi connectivity index (χ1v) is 16.7. The molecular weight excluding hydrogens is 597 g/mol. The molecule has 2 aromatic carbocycles. The maximum atomic E-state index is 13.7. The topological polar surface area (TPSA) is 40.6 Å². The van der Waals surface area contributed by atoms with Crippen molar-refractivity contribution < 1.29 is 9.59 Å². The molecule has 6 aromatic rings. The van der Waals surface area contributed by atoms with E-state index in [4.69, 9.17) is 0 Å². The molecule has 0 unspecified atom stereocenters. The Morgan fingerprint density at radius 1 is 0.500 bits per heavy atom. The second-order valence-corrected chi connectivity index (χ2v) is 14.3. The van der Waals surface area contributed by atoms with E-state index in [0.717, 1.165) is 43.4 Å². The maximum absolute atomic E-state index is 13.7. The summed E-state index contributed by atoms with van der Waals surface area (Å²) in [4.78, 5) is 38.1. The molecule has 0 saturated carbocycles. The molecule has 204 valence electrons. The molecule has 2 amide bonds. The van der Waals surface area contributed by atoms with Gasteiger partial charge in [0.05, 0.1) is 22.5 Å². The van der Waals surface area contributed by atoms with Crippen LogP contribution in [0.5, 0.6) is 0 Å². The molecule has 4 aromatic heterocycles. The number of amides is 2. The third-order valence-corrected chi connectivity index (χ3v) is 12.3. The van der Waals surface area contributed by atoms with E-state index in [2.05, 4.69) is 83.6 Å².